The molecule has 0 saturated heterocycles. The van der Waals surface area contributed by atoms with Gasteiger partial charge in [0, 0.05) is 11.8 Å². The molecule has 0 bridgehead atoms. The minimum Gasteiger partial charge on any atom is -0.496 e. The van der Waals surface area contributed by atoms with E-state index in [1.54, 1.807) is 24.3 Å². The summed E-state index contributed by atoms with van der Waals surface area (Å²) < 4.78 is 5.20. The molecule has 2 aromatic rings. The zero-order chi connectivity index (χ0) is 13.8. The standard InChI is InChI=1S/C14H12N2O2S/c1-9-16-8-13(19-9)14(17)11(7-15)10-5-3-4-6-12(10)18-2/h3-6,8,11H,1-2H3. The Kier molecular flexibility index (Phi) is 3.93. The van der Waals surface area contributed by atoms with E-state index in [0.717, 1.165) is 5.01 Å². The molecule has 1 unspecified atom stereocenters. The average molecular weight is 272 g/mol. The molecule has 19 heavy (non-hydrogen) atoms. The number of ketones is 1. The van der Waals surface area contributed by atoms with Crippen molar-refractivity contribution in [1.82, 2.24) is 4.98 Å². The summed E-state index contributed by atoms with van der Waals surface area (Å²) in [5.41, 5.74) is 0.587. The van der Waals surface area contributed by atoms with Crippen LogP contribution in [0, 0.1) is 18.3 Å². The van der Waals surface area contributed by atoms with Gasteiger partial charge in [-0.25, -0.2) is 4.98 Å². The number of nitrogens with zero attached hydrogens (tertiary/aromatic N) is 2. The van der Waals surface area contributed by atoms with E-state index in [1.165, 1.54) is 24.6 Å². The molecule has 1 heterocycles. The van der Waals surface area contributed by atoms with Gasteiger partial charge in [-0.15, -0.1) is 11.3 Å². The number of rotatable bonds is 4. The molecule has 1 aromatic heterocycles. The molecule has 1 aromatic carbocycles. The van der Waals surface area contributed by atoms with Gasteiger partial charge in [-0.1, -0.05) is 18.2 Å². The van der Waals surface area contributed by atoms with E-state index in [2.05, 4.69) is 4.98 Å². The summed E-state index contributed by atoms with van der Waals surface area (Å²) >= 11 is 1.30. The molecule has 0 N–H and O–H groups in total. The highest BCUT2D eigenvalue weighted by atomic mass is 32.1. The number of Topliss-reactive ketones (excluding diaryl/α,β-unsaturated/α-hetero) is 1. The highest BCUT2D eigenvalue weighted by Crippen LogP contribution is 2.30. The summed E-state index contributed by atoms with van der Waals surface area (Å²) in [6.45, 7) is 1.83. The Bertz CT molecular complexity index is 643. The van der Waals surface area contributed by atoms with Crippen LogP contribution in [0.25, 0.3) is 0 Å². The monoisotopic (exact) mass is 272 g/mol. The van der Waals surface area contributed by atoms with Crippen LogP contribution in [0.2, 0.25) is 0 Å². The molecule has 4 nitrogen and oxygen atoms in total. The van der Waals surface area contributed by atoms with Crippen molar-refractivity contribution in [1.29, 1.82) is 5.26 Å². The molecule has 0 aliphatic rings. The Labute approximate surface area is 115 Å². The maximum Gasteiger partial charge on any atom is 0.196 e. The van der Waals surface area contributed by atoms with Crippen LogP contribution in [0.3, 0.4) is 0 Å². The number of thiazole rings is 1. The first-order chi connectivity index (χ1) is 9.17. The second-order valence-corrected chi connectivity index (χ2v) is 5.15. The quantitative estimate of drug-likeness (QED) is 0.803. The van der Waals surface area contributed by atoms with Gasteiger partial charge < -0.3 is 4.74 Å². The molecule has 2 rings (SSSR count). The molecule has 0 radical (unpaired) electrons. The third-order valence-electron chi connectivity index (χ3n) is 2.71. The van der Waals surface area contributed by atoms with E-state index in [4.69, 9.17) is 4.74 Å². The number of carbonyl (C=O) groups is 1. The molecule has 0 amide bonds. The second-order valence-electron chi connectivity index (χ2n) is 3.91. The second kappa shape index (κ2) is 5.63. The lowest BCUT2D eigenvalue weighted by Gasteiger charge is -2.11. The highest BCUT2D eigenvalue weighted by molar-refractivity contribution is 7.13. The van der Waals surface area contributed by atoms with Gasteiger partial charge in [-0.05, 0) is 13.0 Å². The third kappa shape index (κ3) is 2.64. The fourth-order valence-electron chi connectivity index (χ4n) is 1.79. The van der Waals surface area contributed by atoms with Crippen molar-refractivity contribution in [3.63, 3.8) is 0 Å². The summed E-state index contributed by atoms with van der Waals surface area (Å²) in [6, 6.07) is 9.11. The van der Waals surface area contributed by atoms with Crippen molar-refractivity contribution in [3.8, 4) is 11.8 Å². The van der Waals surface area contributed by atoms with Crippen LogP contribution >= 0.6 is 11.3 Å². The molecule has 5 heteroatoms. The summed E-state index contributed by atoms with van der Waals surface area (Å²) in [4.78, 5) is 16.9. The fraction of sp³-hybridized carbons (Fsp3) is 0.214. The summed E-state index contributed by atoms with van der Waals surface area (Å²) in [5.74, 6) is -0.558. The van der Waals surface area contributed by atoms with Crippen molar-refractivity contribution in [3.05, 3.63) is 45.9 Å². The molecule has 1 atom stereocenters. The van der Waals surface area contributed by atoms with Crippen LogP contribution in [-0.4, -0.2) is 17.9 Å². The van der Waals surface area contributed by atoms with Crippen LogP contribution in [0.1, 0.15) is 26.2 Å². The zero-order valence-electron chi connectivity index (χ0n) is 10.6. The number of hydrogen-bond donors (Lipinski definition) is 0. The largest absolute Gasteiger partial charge is 0.496 e. The van der Waals surface area contributed by atoms with E-state index in [1.807, 2.05) is 13.0 Å². The Hall–Kier alpha value is -2.19. The van der Waals surface area contributed by atoms with Crippen LogP contribution in [0.5, 0.6) is 5.75 Å². The van der Waals surface area contributed by atoms with Crippen LogP contribution in [0.4, 0.5) is 0 Å². The van der Waals surface area contributed by atoms with Crippen molar-refractivity contribution < 1.29 is 9.53 Å². The van der Waals surface area contributed by atoms with Crippen LogP contribution in [-0.2, 0) is 0 Å². The molecule has 0 fully saturated rings. The number of nitriles is 1. The molecule has 0 aliphatic heterocycles. The van der Waals surface area contributed by atoms with Crippen molar-refractivity contribution in [2.45, 2.75) is 12.8 Å². The van der Waals surface area contributed by atoms with Gasteiger partial charge in [-0.2, -0.15) is 5.26 Å². The van der Waals surface area contributed by atoms with Crippen molar-refractivity contribution in [2.24, 2.45) is 0 Å². The topological polar surface area (TPSA) is 63.0 Å². The Morgan fingerprint density at radius 3 is 2.79 bits per heavy atom. The summed E-state index contributed by atoms with van der Waals surface area (Å²) in [7, 11) is 1.52. The van der Waals surface area contributed by atoms with Crippen molar-refractivity contribution >= 4 is 17.1 Å². The van der Waals surface area contributed by atoms with Crippen LogP contribution in [0.15, 0.2) is 30.5 Å². The van der Waals surface area contributed by atoms with Gasteiger partial charge in [0.25, 0.3) is 0 Å². The van der Waals surface area contributed by atoms with Gasteiger partial charge in [-0.3, -0.25) is 4.79 Å². The smallest absolute Gasteiger partial charge is 0.196 e. The lowest BCUT2D eigenvalue weighted by molar-refractivity contribution is 0.0981. The Balaban J connectivity index is 2.40. The van der Waals surface area contributed by atoms with E-state index in [-0.39, 0.29) is 5.78 Å². The number of benzene rings is 1. The minimum atomic E-state index is -0.865. The Morgan fingerprint density at radius 1 is 1.47 bits per heavy atom. The predicted octanol–water partition coefficient (Wildman–Crippen LogP) is 2.95. The van der Waals surface area contributed by atoms with Gasteiger partial charge in [0.05, 0.1) is 23.1 Å². The third-order valence-corrected chi connectivity index (χ3v) is 3.63. The summed E-state index contributed by atoms with van der Waals surface area (Å²) in [5, 5.41) is 10.1. The maximum absolute atomic E-state index is 12.4. The number of aryl methyl sites for hydroxylation is 1. The van der Waals surface area contributed by atoms with E-state index >= 15 is 0 Å². The van der Waals surface area contributed by atoms with Crippen molar-refractivity contribution in [2.75, 3.05) is 7.11 Å². The van der Waals surface area contributed by atoms with Gasteiger partial charge in [0.1, 0.15) is 11.7 Å². The number of methoxy groups -OCH3 is 1. The highest BCUT2D eigenvalue weighted by Gasteiger charge is 2.26. The number of ether oxygens (including phenoxy) is 1. The maximum atomic E-state index is 12.4. The normalized spacial score (nSPS) is 11.6. The molecular formula is C14H12N2O2S. The van der Waals surface area contributed by atoms with Crippen LogP contribution < -0.4 is 4.74 Å². The molecule has 0 saturated carbocycles. The number of para-hydroxylation sites is 1. The average Bonchev–Trinajstić information content (AvgIpc) is 2.86. The zero-order valence-corrected chi connectivity index (χ0v) is 11.4. The van der Waals surface area contributed by atoms with Gasteiger partial charge in [0.2, 0.25) is 0 Å². The lowest BCUT2D eigenvalue weighted by Crippen LogP contribution is -2.11. The lowest BCUT2D eigenvalue weighted by atomic mass is 9.94. The number of hydrogen-bond acceptors (Lipinski definition) is 5. The van der Waals surface area contributed by atoms with Gasteiger partial charge in [0.15, 0.2) is 5.78 Å². The first-order valence-corrected chi connectivity index (χ1v) is 6.48. The molecule has 0 spiro atoms. The Morgan fingerprint density at radius 2 is 2.21 bits per heavy atom. The first kappa shape index (κ1) is 13.2. The van der Waals surface area contributed by atoms with E-state index in [0.29, 0.717) is 16.2 Å². The summed E-state index contributed by atoms with van der Waals surface area (Å²) in [6.07, 6.45) is 1.52. The number of carbonyl (C=O) groups excluding carboxylic acids is 1. The van der Waals surface area contributed by atoms with E-state index in [9.17, 15) is 10.1 Å². The number of aromatic nitrogens is 1. The molecular weight excluding hydrogens is 260 g/mol. The molecule has 0 aliphatic carbocycles. The minimum absolute atomic E-state index is 0.238. The fourth-order valence-corrected chi connectivity index (χ4v) is 2.54. The van der Waals surface area contributed by atoms with Gasteiger partial charge >= 0.3 is 0 Å². The SMILES string of the molecule is COc1ccccc1C(C#N)C(=O)c1cnc(C)s1. The first-order valence-electron chi connectivity index (χ1n) is 5.66. The van der Waals surface area contributed by atoms with E-state index < -0.39 is 5.92 Å². The predicted molar refractivity (Wildman–Crippen MR) is 72.5 cm³/mol. The molecule has 96 valence electrons.